The number of ether oxygens (including phenoxy) is 1. The van der Waals surface area contributed by atoms with Gasteiger partial charge in [-0.1, -0.05) is 11.6 Å². The van der Waals surface area contributed by atoms with Gasteiger partial charge in [-0.15, -0.1) is 10.2 Å². The molecule has 0 saturated heterocycles. The topological polar surface area (TPSA) is 69.0 Å². The van der Waals surface area contributed by atoms with E-state index in [1.807, 2.05) is 0 Å². The summed E-state index contributed by atoms with van der Waals surface area (Å²) in [6.45, 7) is 2.99. The fraction of sp³-hybridized carbons (Fsp3) is 0.400. The van der Waals surface area contributed by atoms with E-state index in [-0.39, 0.29) is 5.91 Å². The summed E-state index contributed by atoms with van der Waals surface area (Å²) in [5.74, 6) is 2.20. The number of hydrogen-bond acceptors (Lipinski definition) is 4. The molecule has 0 spiro atoms. The van der Waals surface area contributed by atoms with E-state index in [1.165, 1.54) is 0 Å². The number of benzene rings is 1. The van der Waals surface area contributed by atoms with Crippen LogP contribution in [0.4, 0.5) is 0 Å². The average Bonchev–Trinajstić information content (AvgIpc) is 3.11. The summed E-state index contributed by atoms with van der Waals surface area (Å²) in [5.41, 5.74) is 0. The summed E-state index contributed by atoms with van der Waals surface area (Å²) in [5, 5.41) is 11.7. The molecule has 0 aliphatic carbocycles. The van der Waals surface area contributed by atoms with E-state index in [2.05, 4.69) is 20.1 Å². The van der Waals surface area contributed by atoms with Gasteiger partial charge in [-0.05, 0) is 37.6 Å². The third-order valence-electron chi connectivity index (χ3n) is 3.60. The number of carbonyl (C=O) groups excluding carboxylic acids is 1. The van der Waals surface area contributed by atoms with Crippen LogP contribution in [0, 0.1) is 0 Å². The van der Waals surface area contributed by atoms with Crippen LogP contribution in [-0.2, 0) is 24.3 Å². The Morgan fingerprint density at radius 2 is 2.18 bits per heavy atom. The molecule has 7 heteroatoms. The van der Waals surface area contributed by atoms with E-state index >= 15 is 0 Å². The maximum absolute atomic E-state index is 12.1. The van der Waals surface area contributed by atoms with E-state index in [1.54, 1.807) is 31.2 Å². The van der Waals surface area contributed by atoms with Crippen LogP contribution in [0.25, 0.3) is 0 Å². The second-order valence-electron chi connectivity index (χ2n) is 5.22. The maximum Gasteiger partial charge on any atom is 0.261 e. The van der Waals surface area contributed by atoms with Gasteiger partial charge in [-0.25, -0.2) is 0 Å². The number of nitrogens with zero attached hydrogens (tertiary/aromatic N) is 3. The summed E-state index contributed by atoms with van der Waals surface area (Å²) in [6.07, 6.45) is 1.45. The molecule has 1 aliphatic rings. The van der Waals surface area contributed by atoms with Gasteiger partial charge < -0.3 is 14.6 Å². The number of aromatic nitrogens is 3. The van der Waals surface area contributed by atoms with Crippen LogP contribution in [0.3, 0.4) is 0 Å². The monoisotopic (exact) mass is 320 g/mol. The van der Waals surface area contributed by atoms with Crippen LogP contribution >= 0.6 is 11.6 Å². The Hall–Kier alpha value is -2.08. The third kappa shape index (κ3) is 3.22. The van der Waals surface area contributed by atoms with Gasteiger partial charge in [-0.3, -0.25) is 4.79 Å². The van der Waals surface area contributed by atoms with Crippen molar-refractivity contribution in [2.24, 2.45) is 0 Å². The predicted molar refractivity (Wildman–Crippen MR) is 81.7 cm³/mol. The molecule has 116 valence electrons. The van der Waals surface area contributed by atoms with Crippen molar-refractivity contribution in [2.45, 2.75) is 39.0 Å². The van der Waals surface area contributed by atoms with Crippen LogP contribution in [-0.4, -0.2) is 26.8 Å². The first-order chi connectivity index (χ1) is 10.6. The van der Waals surface area contributed by atoms with Gasteiger partial charge in [0.05, 0.1) is 6.54 Å². The van der Waals surface area contributed by atoms with Gasteiger partial charge in [-0.2, -0.15) is 0 Å². The maximum atomic E-state index is 12.1. The Morgan fingerprint density at radius 3 is 2.95 bits per heavy atom. The largest absolute Gasteiger partial charge is 0.481 e. The highest BCUT2D eigenvalue weighted by Gasteiger charge is 2.19. The molecule has 2 aromatic rings. The van der Waals surface area contributed by atoms with Crippen molar-refractivity contribution >= 4 is 17.5 Å². The van der Waals surface area contributed by atoms with Crippen LogP contribution in [0.5, 0.6) is 5.75 Å². The molecule has 1 aliphatic heterocycles. The minimum atomic E-state index is -0.595. The fourth-order valence-electron chi connectivity index (χ4n) is 2.42. The first-order valence-electron chi connectivity index (χ1n) is 7.24. The quantitative estimate of drug-likeness (QED) is 0.914. The van der Waals surface area contributed by atoms with Gasteiger partial charge in [0.1, 0.15) is 11.6 Å². The summed E-state index contributed by atoms with van der Waals surface area (Å²) in [4.78, 5) is 12.1. The normalized spacial score (nSPS) is 14.5. The number of nitrogens with one attached hydrogen (secondary N) is 1. The Bertz CT molecular complexity index is 669. The molecule has 3 rings (SSSR count). The zero-order valence-corrected chi connectivity index (χ0v) is 13.0. The minimum absolute atomic E-state index is 0.190. The van der Waals surface area contributed by atoms with Gasteiger partial charge in [0.2, 0.25) is 0 Å². The van der Waals surface area contributed by atoms with Gasteiger partial charge in [0.25, 0.3) is 5.91 Å². The zero-order valence-electron chi connectivity index (χ0n) is 12.3. The molecular formula is C15H17ClN4O2. The molecule has 0 saturated carbocycles. The lowest BCUT2D eigenvalue weighted by molar-refractivity contribution is -0.127. The molecule has 22 heavy (non-hydrogen) atoms. The summed E-state index contributed by atoms with van der Waals surface area (Å²) in [6, 6.07) is 6.91. The highest BCUT2D eigenvalue weighted by molar-refractivity contribution is 6.30. The number of aryl methyl sites for hydroxylation is 1. The molecule has 2 heterocycles. The van der Waals surface area contributed by atoms with Crippen molar-refractivity contribution in [3.8, 4) is 5.75 Å². The third-order valence-corrected chi connectivity index (χ3v) is 3.85. The lowest BCUT2D eigenvalue weighted by Crippen LogP contribution is -2.36. The van der Waals surface area contributed by atoms with E-state index < -0.39 is 6.10 Å². The number of carbonyl (C=O) groups is 1. The first-order valence-corrected chi connectivity index (χ1v) is 7.62. The van der Waals surface area contributed by atoms with Gasteiger partial charge >= 0.3 is 0 Å². The second-order valence-corrected chi connectivity index (χ2v) is 5.66. The molecule has 0 radical (unpaired) electrons. The average molecular weight is 321 g/mol. The van der Waals surface area contributed by atoms with Crippen molar-refractivity contribution in [3.63, 3.8) is 0 Å². The molecule has 0 bridgehead atoms. The Balaban J connectivity index is 1.53. The van der Waals surface area contributed by atoms with E-state index in [4.69, 9.17) is 16.3 Å². The van der Waals surface area contributed by atoms with Gasteiger partial charge in [0, 0.05) is 18.0 Å². The molecule has 6 nitrogen and oxygen atoms in total. The Labute approximate surface area is 133 Å². The number of hydrogen-bond donors (Lipinski definition) is 1. The van der Waals surface area contributed by atoms with Crippen molar-refractivity contribution in [3.05, 3.63) is 40.9 Å². The lowest BCUT2D eigenvalue weighted by atomic mass is 10.3. The predicted octanol–water partition coefficient (Wildman–Crippen LogP) is 1.96. The van der Waals surface area contributed by atoms with Crippen molar-refractivity contribution in [2.75, 3.05) is 0 Å². The molecular weight excluding hydrogens is 304 g/mol. The first kappa shape index (κ1) is 14.8. The standard InChI is InChI=1S/C15H17ClN4O2/c1-10(22-12-6-4-11(16)5-7-12)15(21)17-9-14-19-18-13-3-2-8-20(13)14/h4-7,10H,2-3,8-9H2,1H3,(H,17,21)/t10-/m1/s1. The van der Waals surface area contributed by atoms with Crippen LogP contribution in [0.15, 0.2) is 24.3 Å². The molecule has 1 aromatic heterocycles. The highest BCUT2D eigenvalue weighted by atomic mass is 35.5. The zero-order chi connectivity index (χ0) is 15.5. The molecule has 0 unspecified atom stereocenters. The summed E-state index contributed by atoms with van der Waals surface area (Å²) in [7, 11) is 0. The number of amides is 1. The Morgan fingerprint density at radius 1 is 1.41 bits per heavy atom. The molecule has 1 N–H and O–H groups in total. The number of rotatable bonds is 5. The van der Waals surface area contributed by atoms with Crippen LogP contribution < -0.4 is 10.1 Å². The Kier molecular flexibility index (Phi) is 4.29. The molecule has 1 aromatic carbocycles. The van der Waals surface area contributed by atoms with Crippen molar-refractivity contribution in [1.29, 1.82) is 0 Å². The van der Waals surface area contributed by atoms with Crippen LogP contribution in [0.2, 0.25) is 5.02 Å². The number of fused-ring (bicyclic) bond motifs is 1. The molecule has 1 atom stereocenters. The molecule has 0 fully saturated rings. The van der Waals surface area contributed by atoms with Crippen molar-refractivity contribution in [1.82, 2.24) is 20.1 Å². The smallest absolute Gasteiger partial charge is 0.261 e. The second kappa shape index (κ2) is 6.36. The lowest BCUT2D eigenvalue weighted by Gasteiger charge is -2.14. The minimum Gasteiger partial charge on any atom is -0.481 e. The van der Waals surface area contributed by atoms with E-state index in [0.717, 1.165) is 31.0 Å². The SMILES string of the molecule is C[C@@H](Oc1ccc(Cl)cc1)C(=O)NCc1nnc2n1CCC2. The highest BCUT2D eigenvalue weighted by Crippen LogP contribution is 2.17. The summed E-state index contributed by atoms with van der Waals surface area (Å²) >= 11 is 5.81. The number of halogens is 1. The van der Waals surface area contributed by atoms with Crippen molar-refractivity contribution < 1.29 is 9.53 Å². The summed E-state index contributed by atoms with van der Waals surface area (Å²) < 4.78 is 7.64. The van der Waals surface area contributed by atoms with E-state index in [9.17, 15) is 4.79 Å². The van der Waals surface area contributed by atoms with Crippen LogP contribution in [0.1, 0.15) is 25.0 Å². The molecule has 1 amide bonds. The van der Waals surface area contributed by atoms with E-state index in [0.29, 0.717) is 17.3 Å². The fourth-order valence-corrected chi connectivity index (χ4v) is 2.55. The van der Waals surface area contributed by atoms with Gasteiger partial charge in [0.15, 0.2) is 11.9 Å².